The fourth-order valence-corrected chi connectivity index (χ4v) is 6.27. The third-order valence-corrected chi connectivity index (χ3v) is 9.39. The molecule has 1 saturated carbocycles. The van der Waals surface area contributed by atoms with Crippen LogP contribution in [0.15, 0.2) is 48.6 Å². The van der Waals surface area contributed by atoms with Crippen LogP contribution < -0.4 is 0 Å². The number of hydrogen-bond donors (Lipinski definition) is 2. The molecule has 0 saturated heterocycles. The number of aliphatic hydroxyl groups excluding tert-OH is 2. The van der Waals surface area contributed by atoms with E-state index in [-0.39, 0.29) is 31.3 Å². The summed E-state index contributed by atoms with van der Waals surface area (Å²) in [4.78, 5) is 24.0. The standard InChI is InChI=1S/C38H56O6/c1-4-5-6-10-32-18-20-36-23-33(19-21-35(36)22-32)17-16-31-14-12-30(13-15-31)9-7-8-11-34(26-43-37(41)28(2)24-39)27-44-38(42)29(3)25-40/h18-23,29-31,34,39-40H,2,4-17,24-27H2,1,3H3. The topological polar surface area (TPSA) is 93.1 Å². The van der Waals surface area contributed by atoms with Crippen LogP contribution in [0.25, 0.3) is 10.8 Å². The Hall–Kier alpha value is -2.70. The Bertz CT molecular complexity index is 1170. The molecule has 2 atom stereocenters. The van der Waals surface area contributed by atoms with Gasteiger partial charge in [-0.05, 0) is 72.8 Å². The zero-order valence-electron chi connectivity index (χ0n) is 27.2. The average molecular weight is 609 g/mol. The summed E-state index contributed by atoms with van der Waals surface area (Å²) in [6, 6.07) is 14.0. The maximum Gasteiger partial charge on any atom is 0.335 e. The highest BCUT2D eigenvalue weighted by Gasteiger charge is 2.22. The lowest BCUT2D eigenvalue weighted by molar-refractivity contribution is -0.152. The second-order valence-corrected chi connectivity index (χ2v) is 13.1. The van der Waals surface area contributed by atoms with Gasteiger partial charge in [-0.2, -0.15) is 0 Å². The van der Waals surface area contributed by atoms with E-state index in [2.05, 4.69) is 49.9 Å². The highest BCUT2D eigenvalue weighted by atomic mass is 16.5. The minimum absolute atomic E-state index is 0.00844. The number of benzene rings is 2. The molecule has 0 spiro atoms. The van der Waals surface area contributed by atoms with Crippen molar-refractivity contribution in [3.63, 3.8) is 0 Å². The molecule has 1 aliphatic rings. The molecule has 0 heterocycles. The van der Waals surface area contributed by atoms with Crippen LogP contribution in [-0.4, -0.2) is 48.6 Å². The molecule has 6 nitrogen and oxygen atoms in total. The predicted octanol–water partition coefficient (Wildman–Crippen LogP) is 7.75. The third kappa shape index (κ3) is 12.4. The molecule has 0 bridgehead atoms. The SMILES string of the molecule is C=C(CO)C(=O)OCC(CCCCC1CCC(CCc2ccc3cc(CCCCC)ccc3c2)CC1)COC(=O)C(C)CO. The largest absolute Gasteiger partial charge is 0.465 e. The second-order valence-electron chi connectivity index (χ2n) is 13.1. The summed E-state index contributed by atoms with van der Waals surface area (Å²) < 4.78 is 10.7. The Labute approximate surface area is 265 Å². The molecule has 0 amide bonds. The quantitative estimate of drug-likeness (QED) is 0.0907. The molecule has 1 aliphatic carbocycles. The molecule has 3 rings (SSSR count). The lowest BCUT2D eigenvalue weighted by Gasteiger charge is -2.28. The van der Waals surface area contributed by atoms with Crippen LogP contribution in [-0.2, 0) is 31.9 Å². The predicted molar refractivity (Wildman–Crippen MR) is 177 cm³/mol. The third-order valence-electron chi connectivity index (χ3n) is 9.39. The number of aryl methyl sites for hydroxylation is 2. The van der Waals surface area contributed by atoms with E-state index in [9.17, 15) is 14.7 Å². The van der Waals surface area contributed by atoms with Crippen LogP contribution in [0.4, 0.5) is 0 Å². The van der Waals surface area contributed by atoms with Crippen molar-refractivity contribution < 1.29 is 29.3 Å². The second kappa shape index (κ2) is 19.6. The summed E-state index contributed by atoms with van der Waals surface area (Å²) in [7, 11) is 0. The van der Waals surface area contributed by atoms with Crippen molar-refractivity contribution in [3.8, 4) is 0 Å². The molecule has 2 N–H and O–H groups in total. The fraction of sp³-hybridized carbons (Fsp3) is 0.632. The molecule has 44 heavy (non-hydrogen) atoms. The molecule has 0 aliphatic heterocycles. The van der Waals surface area contributed by atoms with Crippen molar-refractivity contribution >= 4 is 22.7 Å². The van der Waals surface area contributed by atoms with Crippen LogP contribution in [0.5, 0.6) is 0 Å². The Morgan fingerprint density at radius 2 is 1.45 bits per heavy atom. The number of hydrogen-bond acceptors (Lipinski definition) is 6. The van der Waals surface area contributed by atoms with Crippen molar-refractivity contribution in [1.82, 2.24) is 0 Å². The van der Waals surface area contributed by atoms with Gasteiger partial charge in [0.15, 0.2) is 0 Å². The van der Waals surface area contributed by atoms with Gasteiger partial charge in [-0.1, -0.05) is 108 Å². The van der Waals surface area contributed by atoms with Crippen LogP contribution >= 0.6 is 0 Å². The minimum Gasteiger partial charge on any atom is -0.465 e. The first kappa shape index (κ1) is 35.8. The number of esters is 2. The molecular formula is C38H56O6. The average Bonchev–Trinajstić information content (AvgIpc) is 3.05. The van der Waals surface area contributed by atoms with Gasteiger partial charge in [0.25, 0.3) is 0 Å². The van der Waals surface area contributed by atoms with Crippen molar-refractivity contribution in [3.05, 3.63) is 59.7 Å². The number of rotatable bonds is 20. The van der Waals surface area contributed by atoms with E-state index in [1.807, 2.05) is 0 Å². The number of ether oxygens (including phenoxy) is 2. The summed E-state index contributed by atoms with van der Waals surface area (Å²) in [5.74, 6) is -0.204. The maximum atomic E-state index is 12.0. The Morgan fingerprint density at radius 3 is 2.07 bits per heavy atom. The van der Waals surface area contributed by atoms with Gasteiger partial charge in [-0.3, -0.25) is 4.79 Å². The van der Waals surface area contributed by atoms with E-state index in [0.29, 0.717) is 0 Å². The molecule has 0 radical (unpaired) electrons. The van der Waals surface area contributed by atoms with Gasteiger partial charge < -0.3 is 19.7 Å². The maximum absolute atomic E-state index is 12.0. The van der Waals surface area contributed by atoms with Crippen molar-refractivity contribution in [2.24, 2.45) is 23.7 Å². The highest BCUT2D eigenvalue weighted by molar-refractivity contribution is 5.87. The van der Waals surface area contributed by atoms with Gasteiger partial charge in [0, 0.05) is 5.92 Å². The van der Waals surface area contributed by atoms with E-state index in [4.69, 9.17) is 14.6 Å². The van der Waals surface area contributed by atoms with Crippen LogP contribution in [0.2, 0.25) is 0 Å². The summed E-state index contributed by atoms with van der Waals surface area (Å²) >= 11 is 0. The Balaban J connectivity index is 1.35. The van der Waals surface area contributed by atoms with E-state index < -0.39 is 24.5 Å². The zero-order chi connectivity index (χ0) is 31.7. The summed E-state index contributed by atoms with van der Waals surface area (Å²) in [6.45, 7) is 6.92. The zero-order valence-corrected chi connectivity index (χ0v) is 27.2. The lowest BCUT2D eigenvalue weighted by atomic mass is 9.77. The van der Waals surface area contributed by atoms with Gasteiger partial charge in [-0.25, -0.2) is 4.79 Å². The van der Waals surface area contributed by atoms with E-state index in [1.54, 1.807) is 6.92 Å². The molecular weight excluding hydrogens is 552 g/mol. The monoisotopic (exact) mass is 608 g/mol. The number of fused-ring (bicyclic) bond motifs is 1. The van der Waals surface area contributed by atoms with Gasteiger partial charge in [0.2, 0.25) is 0 Å². The fourth-order valence-electron chi connectivity index (χ4n) is 6.27. The smallest absolute Gasteiger partial charge is 0.335 e. The molecule has 0 aromatic heterocycles. The van der Waals surface area contributed by atoms with E-state index in [0.717, 1.165) is 37.5 Å². The number of unbranched alkanes of at least 4 members (excludes halogenated alkanes) is 3. The van der Waals surface area contributed by atoms with E-state index in [1.165, 1.54) is 86.1 Å². The normalized spacial score (nSPS) is 18.1. The molecule has 2 aromatic rings. The number of aliphatic hydroxyl groups is 2. The number of carbonyl (C=O) groups is 2. The highest BCUT2D eigenvalue weighted by Crippen LogP contribution is 2.34. The summed E-state index contributed by atoms with van der Waals surface area (Å²) in [6.07, 6.45) is 16.7. The van der Waals surface area contributed by atoms with Gasteiger partial charge in [0.05, 0.1) is 37.9 Å². The van der Waals surface area contributed by atoms with Crippen LogP contribution in [0.1, 0.15) is 102 Å². The first-order chi connectivity index (χ1) is 21.3. The minimum atomic E-state index is -0.628. The Kier molecular flexibility index (Phi) is 16.0. The van der Waals surface area contributed by atoms with Crippen molar-refractivity contribution in [2.75, 3.05) is 26.4 Å². The molecule has 1 fully saturated rings. The molecule has 6 heteroatoms. The van der Waals surface area contributed by atoms with E-state index >= 15 is 0 Å². The summed E-state index contributed by atoms with van der Waals surface area (Å²) in [5, 5.41) is 21.0. The van der Waals surface area contributed by atoms with Crippen LogP contribution in [0.3, 0.4) is 0 Å². The molecule has 244 valence electrons. The number of carbonyl (C=O) groups excluding carboxylic acids is 2. The van der Waals surface area contributed by atoms with Gasteiger partial charge in [0.1, 0.15) is 0 Å². The van der Waals surface area contributed by atoms with Gasteiger partial charge >= 0.3 is 11.9 Å². The summed E-state index contributed by atoms with van der Waals surface area (Å²) in [5.41, 5.74) is 2.92. The molecule has 2 aromatic carbocycles. The van der Waals surface area contributed by atoms with Crippen molar-refractivity contribution in [2.45, 2.75) is 104 Å². The lowest BCUT2D eigenvalue weighted by Crippen LogP contribution is -2.25. The Morgan fingerprint density at radius 1 is 0.841 bits per heavy atom. The first-order valence-corrected chi connectivity index (χ1v) is 17.1. The molecule has 2 unspecified atom stereocenters. The van der Waals surface area contributed by atoms with Gasteiger partial charge in [-0.15, -0.1) is 0 Å². The van der Waals surface area contributed by atoms with Crippen molar-refractivity contribution in [1.29, 1.82) is 0 Å². The van der Waals surface area contributed by atoms with Crippen LogP contribution in [0, 0.1) is 23.7 Å². The first-order valence-electron chi connectivity index (χ1n) is 17.1.